The molecule has 0 unspecified atom stereocenters. The quantitative estimate of drug-likeness (QED) is 0.129. The van der Waals surface area contributed by atoms with Crippen LogP contribution in [0.5, 0.6) is 5.75 Å². The number of benzene rings is 4. The maximum Gasteiger partial charge on any atom is 0.310 e. The maximum atomic E-state index is 13.4. The fourth-order valence-electron chi connectivity index (χ4n) is 5.85. The zero-order chi connectivity index (χ0) is 34.3. The van der Waals surface area contributed by atoms with Crippen molar-refractivity contribution in [3.8, 4) is 5.75 Å². The molecule has 0 aromatic heterocycles. The van der Waals surface area contributed by atoms with Crippen molar-refractivity contribution in [3.63, 3.8) is 0 Å². The summed E-state index contributed by atoms with van der Waals surface area (Å²) in [7, 11) is 0. The van der Waals surface area contributed by atoms with Gasteiger partial charge < -0.3 is 25.2 Å². The lowest BCUT2D eigenvalue weighted by molar-refractivity contribution is -0.154. The molecule has 0 bridgehead atoms. The Kier molecular flexibility index (Phi) is 13.2. The molecule has 1 heterocycles. The molecule has 0 aliphatic carbocycles. The van der Waals surface area contributed by atoms with Gasteiger partial charge in [0.25, 0.3) is 0 Å². The molecule has 0 spiro atoms. The second kappa shape index (κ2) is 18.4. The van der Waals surface area contributed by atoms with Crippen LogP contribution in [0.1, 0.15) is 47.6 Å². The van der Waals surface area contributed by atoms with Crippen LogP contribution in [-0.4, -0.2) is 42.1 Å². The molecule has 4 aromatic carbocycles. The molecule has 0 radical (unpaired) electrons. The second-order valence-electron chi connectivity index (χ2n) is 12.4. The Labute approximate surface area is 288 Å². The molecule has 2 amide bonds. The predicted molar refractivity (Wildman–Crippen MR) is 188 cm³/mol. The van der Waals surface area contributed by atoms with E-state index in [1.54, 1.807) is 0 Å². The van der Waals surface area contributed by atoms with E-state index in [-0.39, 0.29) is 37.4 Å². The van der Waals surface area contributed by atoms with Crippen molar-refractivity contribution in [2.75, 3.05) is 13.2 Å². The van der Waals surface area contributed by atoms with E-state index in [1.807, 2.05) is 127 Å². The summed E-state index contributed by atoms with van der Waals surface area (Å²) >= 11 is 0. The first kappa shape index (κ1) is 35.1. The maximum absolute atomic E-state index is 13.4. The van der Waals surface area contributed by atoms with Gasteiger partial charge in [0.15, 0.2) is 0 Å². The summed E-state index contributed by atoms with van der Waals surface area (Å²) in [4.78, 5) is 40.1. The van der Waals surface area contributed by atoms with Crippen LogP contribution < -0.4 is 15.4 Å². The van der Waals surface area contributed by atoms with E-state index in [9.17, 15) is 19.5 Å². The molecule has 49 heavy (non-hydrogen) atoms. The van der Waals surface area contributed by atoms with Gasteiger partial charge in [-0.1, -0.05) is 115 Å². The zero-order valence-electron chi connectivity index (χ0n) is 27.6. The number of carbonyl (C=O) groups is 3. The first-order valence-electron chi connectivity index (χ1n) is 16.8. The molecule has 254 valence electrons. The number of esters is 1. The lowest BCUT2D eigenvalue weighted by Gasteiger charge is -2.24. The first-order valence-corrected chi connectivity index (χ1v) is 16.8. The first-order chi connectivity index (χ1) is 24.0. The van der Waals surface area contributed by atoms with Crippen molar-refractivity contribution in [3.05, 3.63) is 150 Å². The van der Waals surface area contributed by atoms with Gasteiger partial charge in [0.2, 0.25) is 11.8 Å². The van der Waals surface area contributed by atoms with Gasteiger partial charge in [0, 0.05) is 6.42 Å². The Morgan fingerprint density at radius 2 is 1.41 bits per heavy atom. The zero-order valence-corrected chi connectivity index (χ0v) is 27.6. The minimum atomic E-state index is -0.678. The number of hydrogen-bond acceptors (Lipinski definition) is 6. The standard InChI is InChI=1S/C41H44N2O6/c44-28-36(25-31-20-22-37(23-21-31)48-29-32-14-6-2-7-15-32)43-39(45)26-34-18-10-11-19-35(24-30-12-4-1-5-13-30)41(47)49-38(27-42-40(34)46)33-16-8-3-9-17-33/h1-17,20-23,34-36,38,44H,18-19,24-29H2,(H,42,46)(H,43,45)/t34-,35+,36+,38+/m1/s1. The Morgan fingerprint density at radius 3 is 2.06 bits per heavy atom. The number of amides is 2. The molecule has 1 aliphatic heterocycles. The van der Waals surface area contributed by atoms with Gasteiger partial charge in [-0.2, -0.15) is 0 Å². The number of cyclic esters (lactones) is 1. The van der Waals surface area contributed by atoms with Crippen LogP contribution in [0.15, 0.2) is 127 Å². The average molecular weight is 661 g/mol. The number of ether oxygens (including phenoxy) is 2. The van der Waals surface area contributed by atoms with Crippen LogP contribution in [0.3, 0.4) is 0 Å². The summed E-state index contributed by atoms with van der Waals surface area (Å²) in [6.45, 7) is 0.298. The summed E-state index contributed by atoms with van der Waals surface area (Å²) in [5, 5.41) is 15.9. The summed E-state index contributed by atoms with van der Waals surface area (Å²) in [5.74, 6) is -1.26. The summed E-state index contributed by atoms with van der Waals surface area (Å²) in [5.41, 5.74) is 3.82. The molecular weight excluding hydrogens is 616 g/mol. The Morgan fingerprint density at radius 1 is 0.796 bits per heavy atom. The third kappa shape index (κ3) is 11.2. The molecular formula is C41H44N2O6. The normalized spacial score (nSPS) is 19.0. The third-order valence-electron chi connectivity index (χ3n) is 8.60. The molecule has 8 nitrogen and oxygen atoms in total. The second-order valence-corrected chi connectivity index (χ2v) is 12.4. The molecule has 4 aromatic rings. The van der Waals surface area contributed by atoms with E-state index in [0.29, 0.717) is 32.3 Å². The molecule has 0 fully saturated rings. The van der Waals surface area contributed by atoms with Crippen molar-refractivity contribution < 1.29 is 29.0 Å². The number of aliphatic hydroxyl groups excluding tert-OH is 1. The van der Waals surface area contributed by atoms with Gasteiger partial charge in [0.05, 0.1) is 31.0 Å². The van der Waals surface area contributed by atoms with Crippen molar-refractivity contribution in [2.24, 2.45) is 11.8 Å². The van der Waals surface area contributed by atoms with Crippen molar-refractivity contribution in [1.82, 2.24) is 10.6 Å². The van der Waals surface area contributed by atoms with Gasteiger partial charge in [0.1, 0.15) is 18.5 Å². The summed E-state index contributed by atoms with van der Waals surface area (Å²) < 4.78 is 11.9. The molecule has 1 aliphatic rings. The monoisotopic (exact) mass is 660 g/mol. The average Bonchev–Trinajstić information content (AvgIpc) is 3.14. The fraction of sp³-hybridized carbons (Fsp3) is 0.293. The van der Waals surface area contributed by atoms with Crippen LogP contribution in [0, 0.1) is 11.8 Å². The molecule has 3 N–H and O–H groups in total. The minimum Gasteiger partial charge on any atom is -0.489 e. The lowest BCUT2D eigenvalue weighted by atomic mass is 9.94. The topological polar surface area (TPSA) is 114 Å². The Bertz CT molecular complexity index is 1640. The highest BCUT2D eigenvalue weighted by atomic mass is 16.5. The summed E-state index contributed by atoms with van der Waals surface area (Å²) in [6.07, 6.45) is 4.75. The lowest BCUT2D eigenvalue weighted by Crippen LogP contribution is -2.42. The van der Waals surface area contributed by atoms with Crippen molar-refractivity contribution in [2.45, 2.75) is 50.9 Å². The van der Waals surface area contributed by atoms with E-state index in [2.05, 4.69) is 10.6 Å². The highest BCUT2D eigenvalue weighted by Gasteiger charge is 2.28. The highest BCUT2D eigenvalue weighted by Crippen LogP contribution is 2.24. The van der Waals surface area contributed by atoms with Crippen LogP contribution in [0.25, 0.3) is 0 Å². The number of allylic oxidation sites excluding steroid dienone is 2. The molecule has 0 saturated heterocycles. The molecule has 5 rings (SSSR count). The van der Waals surface area contributed by atoms with E-state index in [4.69, 9.17) is 9.47 Å². The smallest absolute Gasteiger partial charge is 0.310 e. The number of hydrogen-bond donors (Lipinski definition) is 3. The molecule has 4 atom stereocenters. The highest BCUT2D eigenvalue weighted by molar-refractivity contribution is 5.86. The third-order valence-corrected chi connectivity index (χ3v) is 8.60. The molecule has 0 saturated carbocycles. The summed E-state index contributed by atoms with van der Waals surface area (Å²) in [6, 6.07) is 36.2. The molecule has 8 heteroatoms. The largest absolute Gasteiger partial charge is 0.489 e. The van der Waals surface area contributed by atoms with Crippen LogP contribution in [-0.2, 0) is 38.6 Å². The van der Waals surface area contributed by atoms with Crippen LogP contribution in [0.4, 0.5) is 0 Å². The number of carbonyl (C=O) groups excluding carboxylic acids is 3. The number of rotatable bonds is 12. The van der Waals surface area contributed by atoms with Gasteiger partial charge in [-0.05, 0) is 60.1 Å². The van der Waals surface area contributed by atoms with E-state index in [0.717, 1.165) is 28.0 Å². The Balaban J connectivity index is 1.21. The van der Waals surface area contributed by atoms with E-state index >= 15 is 0 Å². The van der Waals surface area contributed by atoms with Gasteiger partial charge >= 0.3 is 5.97 Å². The van der Waals surface area contributed by atoms with E-state index in [1.165, 1.54) is 0 Å². The van der Waals surface area contributed by atoms with Crippen LogP contribution in [0.2, 0.25) is 0 Å². The van der Waals surface area contributed by atoms with Crippen molar-refractivity contribution >= 4 is 17.8 Å². The number of nitrogens with one attached hydrogen (secondary N) is 2. The van der Waals surface area contributed by atoms with E-state index < -0.39 is 24.0 Å². The Hall–Kier alpha value is -5.21. The van der Waals surface area contributed by atoms with Gasteiger partial charge in [-0.15, -0.1) is 0 Å². The number of aliphatic hydroxyl groups is 1. The van der Waals surface area contributed by atoms with Crippen LogP contribution >= 0.6 is 0 Å². The predicted octanol–water partition coefficient (Wildman–Crippen LogP) is 5.90. The fourth-order valence-corrected chi connectivity index (χ4v) is 5.85. The van der Waals surface area contributed by atoms with Crippen molar-refractivity contribution in [1.29, 1.82) is 0 Å². The van der Waals surface area contributed by atoms with Gasteiger partial charge in [-0.25, -0.2) is 0 Å². The van der Waals surface area contributed by atoms with Gasteiger partial charge in [-0.3, -0.25) is 14.4 Å². The minimum absolute atomic E-state index is 0.0534. The SMILES string of the molecule is O=C(C[C@H]1CC=CC[C@@H](Cc2ccccc2)C(=O)O[C@H](c2ccccc2)CNC1=O)N[C@H](CO)Cc1ccc(OCc2ccccc2)cc1.